The zero-order valence-electron chi connectivity index (χ0n) is 12.9. The van der Waals surface area contributed by atoms with Crippen molar-refractivity contribution in [1.29, 1.82) is 0 Å². The molecule has 6 heteroatoms. The van der Waals surface area contributed by atoms with Crippen LogP contribution < -0.4 is 10.9 Å². The lowest BCUT2D eigenvalue weighted by molar-refractivity contribution is 0.0924. The van der Waals surface area contributed by atoms with Crippen LogP contribution in [0.25, 0.3) is 5.65 Å². The van der Waals surface area contributed by atoms with E-state index in [0.29, 0.717) is 5.65 Å². The highest BCUT2D eigenvalue weighted by Crippen LogP contribution is 2.25. The fourth-order valence-electron chi connectivity index (χ4n) is 2.44. The number of fused-ring (bicyclic) bond motifs is 1. The molecule has 118 valence electrons. The Kier molecular flexibility index (Phi) is 4.25. The lowest BCUT2D eigenvalue weighted by Gasteiger charge is -2.21. The first-order valence-electron chi connectivity index (χ1n) is 7.38. The van der Waals surface area contributed by atoms with Crippen LogP contribution in [-0.4, -0.2) is 15.3 Å². The second-order valence-electron chi connectivity index (χ2n) is 5.62. The Labute approximate surface area is 137 Å². The van der Waals surface area contributed by atoms with Crippen LogP contribution in [0.1, 0.15) is 35.1 Å². The van der Waals surface area contributed by atoms with Gasteiger partial charge in [-0.2, -0.15) is 0 Å². The fraction of sp³-hybridized carbons (Fsp3) is 0.235. The molecule has 3 aromatic rings. The first kappa shape index (κ1) is 15.4. The molecule has 0 bridgehead atoms. The molecule has 0 unspecified atom stereocenters. The van der Waals surface area contributed by atoms with E-state index in [1.54, 1.807) is 35.7 Å². The summed E-state index contributed by atoms with van der Waals surface area (Å²) in [7, 11) is 0. The van der Waals surface area contributed by atoms with Crippen molar-refractivity contribution >= 4 is 22.9 Å². The maximum atomic E-state index is 12.6. The number of nitrogens with one attached hydrogen (secondary N) is 1. The quantitative estimate of drug-likeness (QED) is 0.801. The predicted molar refractivity (Wildman–Crippen MR) is 90.8 cm³/mol. The highest BCUT2D eigenvalue weighted by atomic mass is 32.1. The van der Waals surface area contributed by atoms with E-state index in [1.165, 1.54) is 10.6 Å². The Morgan fingerprint density at radius 2 is 2.09 bits per heavy atom. The summed E-state index contributed by atoms with van der Waals surface area (Å²) in [6.45, 7) is 4.08. The summed E-state index contributed by atoms with van der Waals surface area (Å²) in [4.78, 5) is 30.3. The van der Waals surface area contributed by atoms with Crippen LogP contribution in [0.15, 0.2) is 52.9 Å². The molecule has 0 radical (unpaired) electrons. The lowest BCUT2D eigenvalue weighted by atomic mass is 10.0. The Morgan fingerprint density at radius 1 is 1.26 bits per heavy atom. The molecule has 0 aliphatic rings. The Hall–Kier alpha value is -2.47. The molecule has 23 heavy (non-hydrogen) atoms. The molecule has 3 heterocycles. The summed E-state index contributed by atoms with van der Waals surface area (Å²) in [5.74, 6) is -0.179. The molecule has 3 aromatic heterocycles. The van der Waals surface area contributed by atoms with Gasteiger partial charge in [-0.3, -0.25) is 14.0 Å². The predicted octanol–water partition coefficient (Wildman–Crippen LogP) is 2.88. The molecule has 5 nitrogen and oxygen atoms in total. The highest BCUT2D eigenvalue weighted by molar-refractivity contribution is 7.10. The largest absolute Gasteiger partial charge is 0.344 e. The van der Waals surface area contributed by atoms with Gasteiger partial charge in [0.15, 0.2) is 0 Å². The SMILES string of the molecule is CC(C)[C@@H](NC(=O)c1cnc2ccccn2c1=O)c1cccs1. The van der Waals surface area contributed by atoms with E-state index >= 15 is 0 Å². The van der Waals surface area contributed by atoms with Crippen molar-refractivity contribution in [3.8, 4) is 0 Å². The van der Waals surface area contributed by atoms with Crippen LogP contribution in [0, 0.1) is 5.92 Å². The van der Waals surface area contributed by atoms with E-state index in [1.807, 2.05) is 31.4 Å². The Balaban J connectivity index is 1.94. The van der Waals surface area contributed by atoms with Gasteiger partial charge in [0, 0.05) is 17.3 Å². The average Bonchev–Trinajstić information content (AvgIpc) is 3.06. The van der Waals surface area contributed by atoms with E-state index in [0.717, 1.165) is 4.88 Å². The number of carbonyl (C=O) groups is 1. The summed E-state index contributed by atoms with van der Waals surface area (Å²) in [6, 6.07) is 9.08. The zero-order valence-corrected chi connectivity index (χ0v) is 13.7. The van der Waals surface area contributed by atoms with E-state index < -0.39 is 5.91 Å². The van der Waals surface area contributed by atoms with E-state index in [-0.39, 0.29) is 23.1 Å². The number of aromatic nitrogens is 2. The number of carbonyl (C=O) groups excluding carboxylic acids is 1. The van der Waals surface area contributed by atoms with Crippen LogP contribution in [-0.2, 0) is 0 Å². The van der Waals surface area contributed by atoms with E-state index in [9.17, 15) is 9.59 Å². The number of hydrogen-bond donors (Lipinski definition) is 1. The first-order valence-corrected chi connectivity index (χ1v) is 8.26. The number of amides is 1. The van der Waals surface area contributed by atoms with E-state index in [2.05, 4.69) is 10.3 Å². The Bertz CT molecular complexity index is 884. The van der Waals surface area contributed by atoms with Gasteiger partial charge >= 0.3 is 0 Å². The normalized spacial score (nSPS) is 12.5. The maximum absolute atomic E-state index is 12.6. The van der Waals surface area contributed by atoms with Crippen LogP contribution in [0.2, 0.25) is 0 Å². The number of thiophene rings is 1. The number of pyridine rings is 1. The summed E-state index contributed by atoms with van der Waals surface area (Å²) in [5, 5.41) is 4.93. The molecule has 1 amide bonds. The topological polar surface area (TPSA) is 63.5 Å². The summed E-state index contributed by atoms with van der Waals surface area (Å²) < 4.78 is 1.38. The molecule has 0 aromatic carbocycles. The van der Waals surface area contributed by atoms with Gasteiger partial charge in [0.2, 0.25) is 0 Å². The standard InChI is InChI=1S/C17H17N3O2S/c1-11(2)15(13-6-5-9-23-13)19-16(21)12-10-18-14-7-3-4-8-20(14)17(12)22/h3-11,15H,1-2H3,(H,19,21)/t15-/m1/s1. The monoisotopic (exact) mass is 327 g/mol. The zero-order chi connectivity index (χ0) is 16.4. The summed E-state index contributed by atoms with van der Waals surface area (Å²) >= 11 is 1.59. The minimum absolute atomic E-state index is 0.0518. The van der Waals surface area contributed by atoms with Gasteiger partial charge in [-0.15, -0.1) is 11.3 Å². The van der Waals surface area contributed by atoms with Crippen molar-refractivity contribution in [2.75, 3.05) is 0 Å². The average molecular weight is 327 g/mol. The molecule has 0 spiro atoms. The van der Waals surface area contributed by atoms with Gasteiger partial charge in [0.05, 0.1) is 6.04 Å². The minimum Gasteiger partial charge on any atom is -0.344 e. The summed E-state index contributed by atoms with van der Waals surface area (Å²) in [6.07, 6.45) is 2.96. The number of rotatable bonds is 4. The van der Waals surface area contributed by atoms with Crippen LogP contribution >= 0.6 is 11.3 Å². The lowest BCUT2D eigenvalue weighted by Crippen LogP contribution is -2.35. The third-order valence-electron chi connectivity index (χ3n) is 3.66. The molecule has 0 aliphatic heterocycles. The van der Waals surface area contributed by atoms with Crippen molar-refractivity contribution in [2.24, 2.45) is 5.92 Å². The second-order valence-corrected chi connectivity index (χ2v) is 6.60. The molecular formula is C17H17N3O2S. The molecule has 1 N–H and O–H groups in total. The van der Waals surface area contributed by atoms with Crippen molar-refractivity contribution in [3.63, 3.8) is 0 Å². The third-order valence-corrected chi connectivity index (χ3v) is 4.62. The third kappa shape index (κ3) is 3.03. The van der Waals surface area contributed by atoms with Crippen LogP contribution in [0.4, 0.5) is 0 Å². The van der Waals surface area contributed by atoms with Gasteiger partial charge in [-0.25, -0.2) is 4.98 Å². The highest BCUT2D eigenvalue weighted by Gasteiger charge is 2.22. The molecule has 0 saturated heterocycles. The van der Waals surface area contributed by atoms with E-state index in [4.69, 9.17) is 0 Å². The van der Waals surface area contributed by atoms with Gasteiger partial charge in [-0.05, 0) is 29.5 Å². The molecule has 3 rings (SSSR count). The van der Waals surface area contributed by atoms with Gasteiger partial charge < -0.3 is 5.32 Å². The van der Waals surface area contributed by atoms with Gasteiger partial charge in [0.1, 0.15) is 11.2 Å². The number of nitrogens with zero attached hydrogens (tertiary/aromatic N) is 2. The van der Waals surface area contributed by atoms with Crippen LogP contribution in [0.5, 0.6) is 0 Å². The molecular weight excluding hydrogens is 310 g/mol. The van der Waals surface area contributed by atoms with Crippen molar-refractivity contribution in [1.82, 2.24) is 14.7 Å². The fourth-order valence-corrected chi connectivity index (χ4v) is 3.39. The van der Waals surface area contributed by atoms with Crippen molar-refractivity contribution in [3.05, 3.63) is 68.9 Å². The molecule has 1 atom stereocenters. The van der Waals surface area contributed by atoms with Crippen molar-refractivity contribution < 1.29 is 4.79 Å². The second kappa shape index (κ2) is 6.34. The molecule has 0 aliphatic carbocycles. The summed E-state index contributed by atoms with van der Waals surface area (Å²) in [5.41, 5.74) is 0.213. The van der Waals surface area contributed by atoms with Crippen LogP contribution in [0.3, 0.4) is 0 Å². The minimum atomic E-state index is -0.396. The smallest absolute Gasteiger partial charge is 0.270 e. The first-order chi connectivity index (χ1) is 11.1. The van der Waals surface area contributed by atoms with Gasteiger partial charge in [-0.1, -0.05) is 26.0 Å². The Morgan fingerprint density at radius 3 is 2.78 bits per heavy atom. The molecule has 0 saturated carbocycles. The number of hydrogen-bond acceptors (Lipinski definition) is 4. The van der Waals surface area contributed by atoms with Gasteiger partial charge in [0.25, 0.3) is 11.5 Å². The molecule has 0 fully saturated rings. The van der Waals surface area contributed by atoms with Crippen molar-refractivity contribution in [2.45, 2.75) is 19.9 Å². The maximum Gasteiger partial charge on any atom is 0.270 e.